The number of carboxylic acids is 1. The third kappa shape index (κ3) is 39.1. The highest BCUT2D eigenvalue weighted by Crippen LogP contribution is 2.14. The van der Waals surface area contributed by atoms with Crippen molar-refractivity contribution in [3.63, 3.8) is 0 Å². The second-order valence-corrected chi connectivity index (χ2v) is 17.3. The number of likely N-dealkylation sites (N-methyl/N-ethyl adjacent to an activating group) is 1. The molecule has 0 saturated carbocycles. The number of carbonyl (C=O) groups excluding carboxylic acids is 3. The molecule has 0 aromatic rings. The zero-order valence-corrected chi connectivity index (χ0v) is 38.0. The summed E-state index contributed by atoms with van der Waals surface area (Å²) in [6, 6.07) is -0.725. The lowest BCUT2D eigenvalue weighted by atomic mass is 10.1. The SMILES string of the molecule is CCCCCCCC/C=C/CCCCCCCCCC(=O)OC(COCCC(C(=O)[O-])[N+](C)(C)C)COC(=O)CCCCCCC/C=C/CCCCCCCCC. The minimum Gasteiger partial charge on any atom is -0.544 e. The number of carboxylic acid groups (broad SMARTS) is 1. The van der Waals surface area contributed by atoms with Gasteiger partial charge in [-0.1, -0.05) is 160 Å². The highest BCUT2D eigenvalue weighted by Gasteiger charge is 2.25. The van der Waals surface area contributed by atoms with Gasteiger partial charge in [0.2, 0.25) is 0 Å². The zero-order valence-electron chi connectivity index (χ0n) is 38.0. The first-order chi connectivity index (χ1) is 27.6. The van der Waals surface area contributed by atoms with Crippen LogP contribution in [0.3, 0.4) is 0 Å². The number of hydrogen-bond acceptors (Lipinski definition) is 7. The lowest BCUT2D eigenvalue weighted by Crippen LogP contribution is -2.55. The third-order valence-corrected chi connectivity index (χ3v) is 10.8. The summed E-state index contributed by atoms with van der Waals surface area (Å²) < 4.78 is 17.2. The maximum absolute atomic E-state index is 12.7. The number of ether oxygens (including phenoxy) is 3. The van der Waals surface area contributed by atoms with Crippen molar-refractivity contribution in [3.8, 4) is 0 Å². The summed E-state index contributed by atoms with van der Waals surface area (Å²) in [5, 5.41) is 11.6. The second-order valence-electron chi connectivity index (χ2n) is 17.3. The average Bonchev–Trinajstić information content (AvgIpc) is 3.17. The molecule has 0 N–H and O–H groups in total. The molecule has 334 valence electrons. The minimum atomic E-state index is -1.12. The van der Waals surface area contributed by atoms with Gasteiger partial charge in [-0.25, -0.2) is 0 Å². The van der Waals surface area contributed by atoms with E-state index in [1.165, 1.54) is 135 Å². The Morgan fingerprint density at radius 2 is 0.877 bits per heavy atom. The molecule has 0 rings (SSSR count). The van der Waals surface area contributed by atoms with Crippen LogP contribution in [-0.4, -0.2) is 75.5 Å². The van der Waals surface area contributed by atoms with Crippen LogP contribution < -0.4 is 5.11 Å². The molecule has 2 unspecified atom stereocenters. The second kappa shape index (κ2) is 40.6. The predicted molar refractivity (Wildman–Crippen MR) is 236 cm³/mol. The number of unbranched alkanes of at least 4 members (excludes halogenated alkanes) is 25. The Balaban J connectivity index is 4.30. The monoisotopic (exact) mass is 806 g/mol. The lowest BCUT2D eigenvalue weighted by molar-refractivity contribution is -0.889. The van der Waals surface area contributed by atoms with Gasteiger partial charge in [-0.15, -0.1) is 0 Å². The first-order valence-electron chi connectivity index (χ1n) is 23.9. The molecular weight excluding hydrogens is 715 g/mol. The molecule has 0 aromatic carbocycles. The van der Waals surface area contributed by atoms with Gasteiger partial charge in [-0.3, -0.25) is 9.59 Å². The molecule has 0 heterocycles. The van der Waals surface area contributed by atoms with E-state index in [1.54, 1.807) is 21.1 Å². The van der Waals surface area contributed by atoms with Crippen LogP contribution in [0.25, 0.3) is 0 Å². The van der Waals surface area contributed by atoms with Crippen LogP contribution in [0.5, 0.6) is 0 Å². The molecule has 8 heteroatoms. The van der Waals surface area contributed by atoms with Crippen molar-refractivity contribution in [2.75, 3.05) is 41.0 Å². The molecular formula is C49H91NO7. The summed E-state index contributed by atoms with van der Waals surface area (Å²) in [6.07, 6.45) is 44.8. The topological polar surface area (TPSA) is 102 Å². The summed E-state index contributed by atoms with van der Waals surface area (Å²) in [6.45, 7) is 4.66. The van der Waals surface area contributed by atoms with Gasteiger partial charge in [0.1, 0.15) is 12.6 Å². The van der Waals surface area contributed by atoms with Crippen molar-refractivity contribution < 1.29 is 38.2 Å². The van der Waals surface area contributed by atoms with E-state index in [0.717, 1.165) is 51.4 Å². The molecule has 0 radical (unpaired) electrons. The highest BCUT2D eigenvalue weighted by molar-refractivity contribution is 5.70. The number of carbonyl (C=O) groups is 3. The van der Waals surface area contributed by atoms with Crippen molar-refractivity contribution >= 4 is 17.9 Å². The van der Waals surface area contributed by atoms with Gasteiger partial charge in [0.15, 0.2) is 6.10 Å². The van der Waals surface area contributed by atoms with Gasteiger partial charge in [-0.2, -0.15) is 0 Å². The molecule has 0 saturated heterocycles. The van der Waals surface area contributed by atoms with Crippen LogP contribution in [0.1, 0.15) is 219 Å². The van der Waals surface area contributed by atoms with Crippen LogP contribution in [0.2, 0.25) is 0 Å². The zero-order chi connectivity index (χ0) is 42.1. The predicted octanol–water partition coefficient (Wildman–Crippen LogP) is 11.9. The average molecular weight is 806 g/mol. The van der Waals surface area contributed by atoms with Gasteiger partial charge < -0.3 is 28.6 Å². The number of quaternary nitrogens is 1. The summed E-state index contributed by atoms with van der Waals surface area (Å²) >= 11 is 0. The number of aliphatic carboxylic acids is 1. The van der Waals surface area contributed by atoms with E-state index in [0.29, 0.717) is 12.8 Å². The van der Waals surface area contributed by atoms with Gasteiger partial charge in [0.05, 0.1) is 40.3 Å². The van der Waals surface area contributed by atoms with E-state index >= 15 is 0 Å². The van der Waals surface area contributed by atoms with Gasteiger partial charge >= 0.3 is 11.9 Å². The molecule has 0 aromatic heterocycles. The highest BCUT2D eigenvalue weighted by atomic mass is 16.6. The van der Waals surface area contributed by atoms with Crippen LogP contribution in [0.4, 0.5) is 0 Å². The number of nitrogens with zero attached hydrogens (tertiary/aromatic N) is 1. The maximum Gasteiger partial charge on any atom is 0.306 e. The van der Waals surface area contributed by atoms with Crippen LogP contribution in [-0.2, 0) is 28.6 Å². The molecule has 0 bridgehead atoms. The van der Waals surface area contributed by atoms with Gasteiger partial charge in [0.25, 0.3) is 0 Å². The first kappa shape index (κ1) is 54.8. The molecule has 8 nitrogen and oxygen atoms in total. The molecule has 57 heavy (non-hydrogen) atoms. The fourth-order valence-electron chi connectivity index (χ4n) is 7.06. The minimum absolute atomic E-state index is 0.0393. The Hall–Kier alpha value is -2.19. The standard InChI is InChI=1S/C49H91NO7/c1-6-8-10-12-14-16-18-20-22-24-26-28-30-32-34-36-38-40-48(52)57-45(43-55-42-41-46(49(53)54)50(3,4)5)44-56-47(51)39-37-35-33-31-29-27-25-23-21-19-17-15-13-11-9-7-2/h20,22-23,25,45-46H,6-19,21,24,26-44H2,1-5H3/b22-20+,25-23+. The van der Waals surface area contributed by atoms with Crippen molar-refractivity contribution in [2.24, 2.45) is 0 Å². The smallest absolute Gasteiger partial charge is 0.306 e. The van der Waals surface area contributed by atoms with Crippen LogP contribution in [0, 0.1) is 0 Å². The van der Waals surface area contributed by atoms with E-state index in [4.69, 9.17) is 14.2 Å². The van der Waals surface area contributed by atoms with Crippen molar-refractivity contribution in [1.29, 1.82) is 0 Å². The number of allylic oxidation sites excluding steroid dienone is 4. The van der Waals surface area contributed by atoms with E-state index in [9.17, 15) is 19.5 Å². The molecule has 0 amide bonds. The van der Waals surface area contributed by atoms with E-state index < -0.39 is 18.1 Å². The van der Waals surface area contributed by atoms with Crippen molar-refractivity contribution in [3.05, 3.63) is 24.3 Å². The normalized spacial score (nSPS) is 13.1. The quantitative estimate of drug-likeness (QED) is 0.0262. The maximum atomic E-state index is 12.7. The largest absolute Gasteiger partial charge is 0.544 e. The van der Waals surface area contributed by atoms with Crippen molar-refractivity contribution in [2.45, 2.75) is 231 Å². The Morgan fingerprint density at radius 1 is 0.509 bits per heavy atom. The Bertz CT molecular complexity index is 989. The Morgan fingerprint density at radius 3 is 1.26 bits per heavy atom. The molecule has 0 aliphatic carbocycles. The van der Waals surface area contributed by atoms with E-state index in [2.05, 4.69) is 38.2 Å². The molecule has 2 atom stereocenters. The summed E-state index contributed by atoms with van der Waals surface area (Å²) in [5.41, 5.74) is 0. The lowest BCUT2D eigenvalue weighted by Gasteiger charge is -2.34. The van der Waals surface area contributed by atoms with E-state index in [-0.39, 0.29) is 42.7 Å². The first-order valence-corrected chi connectivity index (χ1v) is 23.9. The molecule has 0 aliphatic rings. The molecule has 0 fully saturated rings. The summed E-state index contributed by atoms with van der Waals surface area (Å²) in [5.74, 6) is -1.74. The number of rotatable bonds is 43. The Kier molecular flexibility index (Phi) is 39.0. The van der Waals surface area contributed by atoms with Gasteiger partial charge in [-0.05, 0) is 64.2 Å². The Labute approximate surface area is 351 Å². The van der Waals surface area contributed by atoms with Gasteiger partial charge in [0, 0.05) is 19.3 Å². The van der Waals surface area contributed by atoms with Crippen LogP contribution in [0.15, 0.2) is 24.3 Å². The third-order valence-electron chi connectivity index (χ3n) is 10.8. The number of hydrogen-bond donors (Lipinski definition) is 0. The molecule has 0 aliphatic heterocycles. The van der Waals surface area contributed by atoms with E-state index in [1.807, 2.05) is 0 Å². The van der Waals surface area contributed by atoms with Crippen molar-refractivity contribution in [1.82, 2.24) is 0 Å². The van der Waals surface area contributed by atoms with Crippen LogP contribution >= 0.6 is 0 Å². The fraction of sp³-hybridized carbons (Fsp3) is 0.857. The molecule has 0 spiro atoms. The summed E-state index contributed by atoms with van der Waals surface area (Å²) in [7, 11) is 5.41. The fourth-order valence-corrected chi connectivity index (χ4v) is 7.06. The number of esters is 2. The summed E-state index contributed by atoms with van der Waals surface area (Å²) in [4.78, 5) is 36.9.